The number of rotatable bonds is 5. The van der Waals surface area contributed by atoms with Crippen LogP contribution in [0.1, 0.15) is 9.80 Å². The Balaban J connectivity index is 2.10. The summed E-state index contributed by atoms with van der Waals surface area (Å²) in [5.41, 5.74) is 0.794. The molecule has 0 saturated heterocycles. The van der Waals surface area contributed by atoms with Gasteiger partial charge in [-0.3, -0.25) is 4.79 Å². The highest BCUT2D eigenvalue weighted by molar-refractivity contribution is 7.20. The van der Waals surface area contributed by atoms with Crippen molar-refractivity contribution >= 4 is 27.5 Å². The molecule has 1 aromatic heterocycles. The van der Waals surface area contributed by atoms with Gasteiger partial charge in [0.15, 0.2) is 5.01 Å². The van der Waals surface area contributed by atoms with Crippen LogP contribution in [0.4, 0.5) is 0 Å². The van der Waals surface area contributed by atoms with Crippen LogP contribution in [0.5, 0.6) is 5.75 Å². The average molecular weight is 279 g/mol. The zero-order valence-electron chi connectivity index (χ0n) is 11.3. The number of aromatic nitrogens is 1. The molecule has 0 saturated carbocycles. The molecule has 102 valence electrons. The molecular formula is C13H17N3O2S. The molecule has 1 amide bonds. The van der Waals surface area contributed by atoms with Crippen molar-refractivity contribution in [2.45, 2.75) is 0 Å². The Morgan fingerprint density at radius 2 is 2.26 bits per heavy atom. The number of benzene rings is 1. The van der Waals surface area contributed by atoms with Gasteiger partial charge in [0, 0.05) is 19.2 Å². The highest BCUT2D eigenvalue weighted by atomic mass is 32.1. The number of likely N-dealkylation sites (N-methyl/N-ethyl adjacent to an activating group) is 1. The third-order valence-corrected chi connectivity index (χ3v) is 3.67. The number of fused-ring (bicyclic) bond motifs is 1. The van der Waals surface area contributed by atoms with E-state index in [1.165, 1.54) is 11.3 Å². The van der Waals surface area contributed by atoms with Crippen LogP contribution in [-0.2, 0) is 0 Å². The summed E-state index contributed by atoms with van der Waals surface area (Å²) in [6.07, 6.45) is 0. The maximum Gasteiger partial charge on any atom is 0.280 e. The Hall–Kier alpha value is -1.66. The Morgan fingerprint density at radius 3 is 2.95 bits per heavy atom. The van der Waals surface area contributed by atoms with Gasteiger partial charge >= 0.3 is 0 Å². The fourth-order valence-corrected chi connectivity index (χ4v) is 2.46. The quantitative estimate of drug-likeness (QED) is 0.903. The van der Waals surface area contributed by atoms with Gasteiger partial charge in [-0.25, -0.2) is 4.98 Å². The third kappa shape index (κ3) is 3.42. The zero-order valence-corrected chi connectivity index (χ0v) is 12.1. The summed E-state index contributed by atoms with van der Waals surface area (Å²) in [6, 6.07) is 5.62. The first-order chi connectivity index (χ1) is 9.10. The summed E-state index contributed by atoms with van der Waals surface area (Å²) >= 11 is 1.39. The summed E-state index contributed by atoms with van der Waals surface area (Å²) in [5.74, 6) is 0.624. The summed E-state index contributed by atoms with van der Waals surface area (Å²) < 4.78 is 6.13. The van der Waals surface area contributed by atoms with Gasteiger partial charge < -0.3 is 15.0 Å². The fourth-order valence-electron chi connectivity index (χ4n) is 1.60. The molecule has 0 spiro atoms. The predicted octanol–water partition coefficient (Wildman–Crippen LogP) is 1.60. The van der Waals surface area contributed by atoms with Crippen molar-refractivity contribution in [1.82, 2.24) is 15.2 Å². The zero-order chi connectivity index (χ0) is 13.8. The lowest BCUT2D eigenvalue weighted by atomic mass is 10.3. The Morgan fingerprint density at radius 1 is 1.47 bits per heavy atom. The van der Waals surface area contributed by atoms with E-state index in [1.807, 2.05) is 37.2 Å². The van der Waals surface area contributed by atoms with Crippen LogP contribution < -0.4 is 10.1 Å². The molecule has 2 aromatic rings. The Kier molecular flexibility index (Phi) is 4.34. The van der Waals surface area contributed by atoms with Gasteiger partial charge in [-0.15, -0.1) is 11.3 Å². The third-order valence-electron chi connectivity index (χ3n) is 2.63. The van der Waals surface area contributed by atoms with Crippen LogP contribution in [0.25, 0.3) is 10.2 Å². The molecular weight excluding hydrogens is 262 g/mol. The SMILES string of the molecule is COc1ccc2sc(C(=O)NCCN(C)C)nc2c1. The molecule has 0 atom stereocenters. The van der Waals surface area contributed by atoms with Crippen molar-refractivity contribution < 1.29 is 9.53 Å². The Labute approximate surface area is 116 Å². The molecule has 0 fully saturated rings. The predicted molar refractivity (Wildman–Crippen MR) is 77.1 cm³/mol. The smallest absolute Gasteiger partial charge is 0.280 e. The summed E-state index contributed by atoms with van der Waals surface area (Å²) in [6.45, 7) is 1.43. The number of nitrogens with zero attached hydrogens (tertiary/aromatic N) is 2. The number of amides is 1. The van der Waals surface area contributed by atoms with Gasteiger partial charge in [-0.2, -0.15) is 0 Å². The first-order valence-corrected chi connectivity index (χ1v) is 6.79. The molecule has 0 aliphatic rings. The van der Waals surface area contributed by atoms with Crippen LogP contribution in [0.2, 0.25) is 0 Å². The van der Waals surface area contributed by atoms with Crippen molar-refractivity contribution in [3.05, 3.63) is 23.2 Å². The van der Waals surface area contributed by atoms with E-state index < -0.39 is 0 Å². The molecule has 6 heteroatoms. The maximum absolute atomic E-state index is 11.9. The standard InChI is InChI=1S/C13H17N3O2S/c1-16(2)7-6-14-12(17)13-15-10-8-9(18-3)4-5-11(10)19-13/h4-5,8H,6-7H2,1-3H3,(H,14,17). The van der Waals surface area contributed by atoms with Crippen LogP contribution in [0.3, 0.4) is 0 Å². The molecule has 0 radical (unpaired) electrons. The molecule has 0 bridgehead atoms. The molecule has 5 nitrogen and oxygen atoms in total. The summed E-state index contributed by atoms with van der Waals surface area (Å²) in [7, 11) is 5.55. The normalized spacial score (nSPS) is 10.9. The minimum Gasteiger partial charge on any atom is -0.497 e. The van der Waals surface area contributed by atoms with Gasteiger partial charge in [0.1, 0.15) is 5.75 Å². The monoisotopic (exact) mass is 279 g/mol. The first kappa shape index (κ1) is 13.8. The minimum absolute atomic E-state index is 0.123. The Bertz CT molecular complexity index is 580. The molecule has 0 unspecified atom stereocenters. The van der Waals surface area contributed by atoms with E-state index >= 15 is 0 Å². The molecule has 19 heavy (non-hydrogen) atoms. The lowest BCUT2D eigenvalue weighted by Crippen LogP contribution is -2.31. The maximum atomic E-state index is 11.9. The lowest BCUT2D eigenvalue weighted by molar-refractivity contribution is 0.0951. The number of ether oxygens (including phenoxy) is 1. The van der Waals surface area contributed by atoms with E-state index in [2.05, 4.69) is 10.3 Å². The van der Waals surface area contributed by atoms with Crippen LogP contribution >= 0.6 is 11.3 Å². The second kappa shape index (κ2) is 5.99. The second-order valence-electron chi connectivity index (χ2n) is 4.41. The van der Waals surface area contributed by atoms with E-state index in [1.54, 1.807) is 7.11 Å². The molecule has 2 rings (SSSR count). The largest absolute Gasteiger partial charge is 0.497 e. The topological polar surface area (TPSA) is 54.5 Å². The lowest BCUT2D eigenvalue weighted by Gasteiger charge is -2.09. The number of carbonyl (C=O) groups is 1. The highest BCUT2D eigenvalue weighted by Crippen LogP contribution is 2.25. The van der Waals surface area contributed by atoms with Crippen LogP contribution in [0.15, 0.2) is 18.2 Å². The fraction of sp³-hybridized carbons (Fsp3) is 0.385. The van der Waals surface area contributed by atoms with Gasteiger partial charge in [0.2, 0.25) is 0 Å². The molecule has 1 aromatic carbocycles. The van der Waals surface area contributed by atoms with Crippen molar-refractivity contribution in [2.24, 2.45) is 0 Å². The number of thiazole rings is 1. The van der Waals surface area contributed by atoms with Crippen LogP contribution in [0, 0.1) is 0 Å². The first-order valence-electron chi connectivity index (χ1n) is 5.97. The van der Waals surface area contributed by atoms with E-state index in [4.69, 9.17) is 4.74 Å². The summed E-state index contributed by atoms with van der Waals surface area (Å²) in [4.78, 5) is 18.3. The number of hydrogen-bond donors (Lipinski definition) is 1. The van der Waals surface area contributed by atoms with Gasteiger partial charge in [-0.05, 0) is 26.2 Å². The van der Waals surface area contributed by atoms with Crippen molar-refractivity contribution in [3.63, 3.8) is 0 Å². The van der Waals surface area contributed by atoms with E-state index in [-0.39, 0.29) is 5.91 Å². The molecule has 1 N–H and O–H groups in total. The van der Waals surface area contributed by atoms with Crippen LogP contribution in [-0.4, -0.2) is 50.1 Å². The van der Waals surface area contributed by atoms with Gasteiger partial charge in [0.25, 0.3) is 5.91 Å². The average Bonchev–Trinajstić information content (AvgIpc) is 2.80. The second-order valence-corrected chi connectivity index (χ2v) is 5.44. The van der Waals surface area contributed by atoms with E-state index in [0.717, 1.165) is 22.5 Å². The van der Waals surface area contributed by atoms with Gasteiger partial charge in [0.05, 0.1) is 17.3 Å². The van der Waals surface area contributed by atoms with Crippen molar-refractivity contribution in [1.29, 1.82) is 0 Å². The highest BCUT2D eigenvalue weighted by Gasteiger charge is 2.12. The van der Waals surface area contributed by atoms with Crippen molar-refractivity contribution in [3.8, 4) is 5.75 Å². The number of nitrogens with one attached hydrogen (secondary N) is 1. The number of methoxy groups -OCH3 is 1. The molecule has 0 aliphatic carbocycles. The van der Waals surface area contributed by atoms with Crippen molar-refractivity contribution in [2.75, 3.05) is 34.3 Å². The number of carbonyl (C=O) groups excluding carboxylic acids is 1. The van der Waals surface area contributed by atoms with E-state index in [9.17, 15) is 4.79 Å². The van der Waals surface area contributed by atoms with E-state index in [0.29, 0.717) is 11.6 Å². The van der Waals surface area contributed by atoms with Gasteiger partial charge in [-0.1, -0.05) is 0 Å². The number of hydrogen-bond acceptors (Lipinski definition) is 5. The molecule has 0 aliphatic heterocycles. The minimum atomic E-state index is -0.123. The molecule has 1 heterocycles. The summed E-state index contributed by atoms with van der Waals surface area (Å²) in [5, 5.41) is 3.34.